The monoisotopic (exact) mass is 513 g/mol. The van der Waals surface area contributed by atoms with Crippen LogP contribution in [0.25, 0.3) is 10.9 Å². The summed E-state index contributed by atoms with van der Waals surface area (Å²) in [4.78, 5) is 6.73. The van der Waals surface area contributed by atoms with Crippen molar-refractivity contribution in [2.45, 2.75) is 9.79 Å². The number of halogens is 2. The minimum absolute atomic E-state index is 0.493. The lowest BCUT2D eigenvalue weighted by molar-refractivity contribution is 1.33. The average molecular weight is 514 g/mol. The highest BCUT2D eigenvalue weighted by atomic mass is 127. The molecule has 3 nitrogen and oxygen atoms in total. The second kappa shape index (κ2) is 8.39. The fourth-order valence-electron chi connectivity index (χ4n) is 2.73. The van der Waals surface area contributed by atoms with Gasteiger partial charge in [-0.15, -0.1) is 0 Å². The third-order valence-electron chi connectivity index (χ3n) is 4.07. The van der Waals surface area contributed by atoms with Crippen molar-refractivity contribution in [2.24, 2.45) is 0 Å². The van der Waals surface area contributed by atoms with Crippen LogP contribution >= 0.6 is 46.0 Å². The van der Waals surface area contributed by atoms with Gasteiger partial charge in [0.1, 0.15) is 11.9 Å². The first kappa shape index (κ1) is 19.1. The van der Waals surface area contributed by atoms with Gasteiger partial charge in [-0.05, 0) is 71.1 Å². The maximum Gasteiger partial charge on any atom is 0.149 e. The third-order valence-corrected chi connectivity index (χ3v) is 6.25. The quantitative estimate of drug-likeness (QED) is 0.292. The number of benzene rings is 3. The standard InChI is InChI=1S/C22H13ClIN3S/c23-19-12-17(8-9-21(19)28-18-4-2-1-3-5-18)26-22-15(13-25)10-14-6-7-16(24)11-20(14)27-22/h1-12H,(H,26,27). The zero-order valence-corrected chi connectivity index (χ0v) is 18.2. The number of aromatic nitrogens is 1. The van der Waals surface area contributed by atoms with Crippen LogP contribution in [0.4, 0.5) is 11.5 Å². The molecule has 0 aliphatic carbocycles. The molecule has 0 unspecified atom stereocenters. The smallest absolute Gasteiger partial charge is 0.149 e. The summed E-state index contributed by atoms with van der Waals surface area (Å²) in [6, 6.07) is 25.9. The molecule has 4 aromatic rings. The van der Waals surface area contributed by atoms with Gasteiger partial charge in [-0.1, -0.05) is 47.6 Å². The first-order valence-electron chi connectivity index (χ1n) is 8.42. The molecule has 4 rings (SSSR count). The van der Waals surface area contributed by atoms with Gasteiger partial charge in [0.25, 0.3) is 0 Å². The Balaban J connectivity index is 1.64. The molecule has 1 N–H and O–H groups in total. The molecule has 0 aliphatic heterocycles. The van der Waals surface area contributed by atoms with Crippen molar-refractivity contribution in [1.29, 1.82) is 5.26 Å². The number of nitrogens with one attached hydrogen (secondary N) is 1. The summed E-state index contributed by atoms with van der Waals surface area (Å²) in [5, 5.41) is 14.3. The fraction of sp³-hybridized carbons (Fsp3) is 0. The highest BCUT2D eigenvalue weighted by Crippen LogP contribution is 2.35. The molecule has 1 aromatic heterocycles. The van der Waals surface area contributed by atoms with E-state index in [1.807, 2.05) is 72.8 Å². The maximum absolute atomic E-state index is 9.51. The molecular formula is C22H13ClIN3S. The summed E-state index contributed by atoms with van der Waals surface area (Å²) in [5.41, 5.74) is 2.12. The molecule has 3 aromatic carbocycles. The Hall–Kier alpha value is -2.27. The van der Waals surface area contributed by atoms with Crippen molar-refractivity contribution in [3.63, 3.8) is 0 Å². The van der Waals surface area contributed by atoms with Gasteiger partial charge >= 0.3 is 0 Å². The number of nitriles is 1. The van der Waals surface area contributed by atoms with Crippen LogP contribution in [0.15, 0.2) is 82.6 Å². The van der Waals surface area contributed by atoms with Gasteiger partial charge in [-0.2, -0.15) is 5.26 Å². The molecule has 0 saturated carbocycles. The normalized spacial score (nSPS) is 10.6. The third kappa shape index (κ3) is 4.25. The van der Waals surface area contributed by atoms with Crippen LogP contribution in [0.1, 0.15) is 5.56 Å². The van der Waals surface area contributed by atoms with Crippen molar-refractivity contribution in [1.82, 2.24) is 4.98 Å². The Bertz CT molecular complexity index is 1210. The minimum atomic E-state index is 0.493. The molecule has 0 bridgehead atoms. The molecule has 1 heterocycles. The Labute approximate surface area is 185 Å². The van der Waals surface area contributed by atoms with E-state index < -0.39 is 0 Å². The van der Waals surface area contributed by atoms with Crippen molar-refractivity contribution in [3.05, 3.63) is 87.0 Å². The topological polar surface area (TPSA) is 48.7 Å². The lowest BCUT2D eigenvalue weighted by atomic mass is 10.1. The fourth-order valence-corrected chi connectivity index (χ4v) is 4.35. The number of fused-ring (bicyclic) bond motifs is 1. The Morgan fingerprint density at radius 1 is 1.00 bits per heavy atom. The highest BCUT2D eigenvalue weighted by molar-refractivity contribution is 14.1. The van der Waals surface area contributed by atoms with Gasteiger partial charge < -0.3 is 5.32 Å². The van der Waals surface area contributed by atoms with Crippen LogP contribution < -0.4 is 5.32 Å². The number of rotatable bonds is 4. The second-order valence-corrected chi connectivity index (χ2v) is 8.79. The molecule has 0 aliphatic rings. The first-order valence-corrected chi connectivity index (χ1v) is 10.7. The summed E-state index contributed by atoms with van der Waals surface area (Å²) in [7, 11) is 0. The predicted octanol–water partition coefficient (Wildman–Crippen LogP) is 7.26. The minimum Gasteiger partial charge on any atom is -0.339 e. The van der Waals surface area contributed by atoms with Crippen LogP contribution in [0.2, 0.25) is 5.02 Å². The molecule has 0 amide bonds. The van der Waals surface area contributed by atoms with Gasteiger partial charge in [-0.3, -0.25) is 0 Å². The summed E-state index contributed by atoms with van der Waals surface area (Å²) >= 11 is 10.4. The molecule has 6 heteroatoms. The van der Waals surface area contributed by atoms with Gasteiger partial charge in [0.15, 0.2) is 0 Å². The second-order valence-electron chi connectivity index (χ2n) is 6.02. The number of hydrogen-bond acceptors (Lipinski definition) is 4. The molecule has 0 radical (unpaired) electrons. The van der Waals surface area contributed by atoms with Gasteiger partial charge in [-0.25, -0.2) is 4.98 Å². The number of hydrogen-bond donors (Lipinski definition) is 1. The van der Waals surface area contributed by atoms with Crippen molar-refractivity contribution >= 4 is 68.4 Å². The summed E-state index contributed by atoms with van der Waals surface area (Å²) < 4.78 is 1.10. The molecule has 136 valence electrons. The summed E-state index contributed by atoms with van der Waals surface area (Å²) in [6.07, 6.45) is 0. The van der Waals surface area contributed by atoms with E-state index in [0.29, 0.717) is 16.4 Å². The Kier molecular flexibility index (Phi) is 5.72. The Morgan fingerprint density at radius 2 is 1.82 bits per heavy atom. The molecule has 0 atom stereocenters. The van der Waals surface area contributed by atoms with Crippen LogP contribution in [0.3, 0.4) is 0 Å². The SMILES string of the molecule is N#Cc1cc2ccc(I)cc2nc1Nc1ccc(Sc2ccccc2)c(Cl)c1. The number of anilines is 2. The van der Waals surface area contributed by atoms with E-state index in [9.17, 15) is 5.26 Å². The lowest BCUT2D eigenvalue weighted by Crippen LogP contribution is -1.98. The van der Waals surface area contributed by atoms with Crippen LogP contribution in [0, 0.1) is 14.9 Å². The van der Waals surface area contributed by atoms with E-state index in [4.69, 9.17) is 11.6 Å². The van der Waals surface area contributed by atoms with E-state index in [-0.39, 0.29) is 0 Å². The van der Waals surface area contributed by atoms with Gasteiger partial charge in [0.05, 0.1) is 16.1 Å². The number of pyridine rings is 1. The van der Waals surface area contributed by atoms with Crippen LogP contribution in [-0.4, -0.2) is 4.98 Å². The zero-order valence-electron chi connectivity index (χ0n) is 14.5. The highest BCUT2D eigenvalue weighted by Gasteiger charge is 2.10. The van der Waals surface area contributed by atoms with Crippen molar-refractivity contribution < 1.29 is 0 Å². The van der Waals surface area contributed by atoms with E-state index in [1.165, 1.54) is 0 Å². The van der Waals surface area contributed by atoms with E-state index >= 15 is 0 Å². The summed E-state index contributed by atoms with van der Waals surface area (Å²) in [6.45, 7) is 0. The molecular weight excluding hydrogens is 501 g/mol. The van der Waals surface area contributed by atoms with Crippen molar-refractivity contribution in [3.8, 4) is 6.07 Å². The summed E-state index contributed by atoms with van der Waals surface area (Å²) in [5.74, 6) is 0.525. The Morgan fingerprint density at radius 3 is 2.57 bits per heavy atom. The molecule has 28 heavy (non-hydrogen) atoms. The number of nitrogens with zero attached hydrogens (tertiary/aromatic N) is 2. The van der Waals surface area contributed by atoms with E-state index in [1.54, 1.807) is 11.8 Å². The van der Waals surface area contributed by atoms with Crippen LogP contribution in [0.5, 0.6) is 0 Å². The average Bonchev–Trinajstić information content (AvgIpc) is 2.70. The lowest BCUT2D eigenvalue weighted by Gasteiger charge is -2.11. The maximum atomic E-state index is 9.51. The van der Waals surface area contributed by atoms with E-state index in [0.717, 1.165) is 30.0 Å². The van der Waals surface area contributed by atoms with Gasteiger partial charge in [0, 0.05) is 24.4 Å². The largest absolute Gasteiger partial charge is 0.339 e. The zero-order chi connectivity index (χ0) is 19.5. The molecule has 0 fully saturated rings. The van der Waals surface area contributed by atoms with Gasteiger partial charge in [0.2, 0.25) is 0 Å². The molecule has 0 saturated heterocycles. The predicted molar refractivity (Wildman–Crippen MR) is 124 cm³/mol. The first-order chi connectivity index (χ1) is 13.6. The van der Waals surface area contributed by atoms with E-state index in [2.05, 4.69) is 39.0 Å². The molecule has 0 spiro atoms. The van der Waals surface area contributed by atoms with Crippen molar-refractivity contribution in [2.75, 3.05) is 5.32 Å². The van der Waals surface area contributed by atoms with Crippen LogP contribution in [-0.2, 0) is 0 Å².